The molecule has 2 nitrogen and oxygen atoms in total. The van der Waals surface area contributed by atoms with Crippen molar-refractivity contribution in [1.29, 1.82) is 5.26 Å². The summed E-state index contributed by atoms with van der Waals surface area (Å²) in [7, 11) is 1.55. The van der Waals surface area contributed by atoms with Gasteiger partial charge < -0.3 is 4.74 Å². The molecule has 0 N–H and O–H groups in total. The Labute approximate surface area is 141 Å². The van der Waals surface area contributed by atoms with Crippen molar-refractivity contribution in [2.45, 2.75) is 0 Å². The van der Waals surface area contributed by atoms with Crippen molar-refractivity contribution < 1.29 is 4.74 Å². The molecule has 2 aromatic rings. The van der Waals surface area contributed by atoms with Gasteiger partial charge in [-0.1, -0.05) is 35.3 Å². The lowest BCUT2D eigenvalue weighted by Crippen LogP contribution is -1.88. The first kappa shape index (κ1) is 15.9. The van der Waals surface area contributed by atoms with Crippen molar-refractivity contribution in [3.05, 3.63) is 62.0 Å². The Kier molecular flexibility index (Phi) is 5.30. The van der Waals surface area contributed by atoms with Gasteiger partial charge in [-0.25, -0.2) is 0 Å². The maximum absolute atomic E-state index is 9.33. The fourth-order valence-electron chi connectivity index (χ4n) is 1.83. The van der Waals surface area contributed by atoms with Crippen molar-refractivity contribution in [2.75, 3.05) is 7.11 Å². The van der Waals surface area contributed by atoms with Crippen LogP contribution in [-0.4, -0.2) is 7.11 Å². The van der Waals surface area contributed by atoms with Crippen molar-refractivity contribution in [3.8, 4) is 11.8 Å². The van der Waals surface area contributed by atoms with Crippen molar-refractivity contribution in [2.24, 2.45) is 0 Å². The number of nitriles is 1. The van der Waals surface area contributed by atoms with Crippen LogP contribution in [0.15, 0.2) is 40.9 Å². The Morgan fingerprint density at radius 3 is 2.43 bits per heavy atom. The monoisotopic (exact) mass is 381 g/mol. The number of halogens is 3. The fraction of sp³-hybridized carbons (Fsp3) is 0.0625. The number of benzene rings is 2. The Bertz CT molecular complexity index is 710. The number of hydrogen-bond donors (Lipinski definition) is 0. The molecule has 21 heavy (non-hydrogen) atoms. The van der Waals surface area contributed by atoms with E-state index in [1.807, 2.05) is 6.07 Å². The van der Waals surface area contributed by atoms with Gasteiger partial charge in [-0.3, -0.25) is 0 Å². The van der Waals surface area contributed by atoms with Crippen LogP contribution in [0.25, 0.3) is 11.6 Å². The van der Waals surface area contributed by atoms with Gasteiger partial charge in [0, 0.05) is 5.02 Å². The quantitative estimate of drug-likeness (QED) is 0.494. The molecule has 0 aromatic heterocycles. The average molecular weight is 383 g/mol. The van der Waals surface area contributed by atoms with E-state index in [4.69, 9.17) is 27.9 Å². The Morgan fingerprint density at radius 2 is 1.90 bits per heavy atom. The molecule has 0 radical (unpaired) electrons. The van der Waals surface area contributed by atoms with Gasteiger partial charge >= 0.3 is 0 Å². The number of ether oxygens (including phenoxy) is 1. The third kappa shape index (κ3) is 3.79. The third-order valence-electron chi connectivity index (χ3n) is 2.81. The van der Waals surface area contributed by atoms with Gasteiger partial charge in [0.1, 0.15) is 0 Å². The molecular formula is C16H10BrCl2NO. The lowest BCUT2D eigenvalue weighted by atomic mass is 10.0. The van der Waals surface area contributed by atoms with Gasteiger partial charge in [0.25, 0.3) is 0 Å². The highest BCUT2D eigenvalue weighted by Crippen LogP contribution is 2.35. The lowest BCUT2D eigenvalue weighted by molar-refractivity contribution is 0.412. The summed E-state index contributed by atoms with van der Waals surface area (Å²) in [5.41, 5.74) is 2.13. The smallest absolute Gasteiger partial charge is 0.151 e. The maximum Gasteiger partial charge on any atom is 0.151 e. The van der Waals surface area contributed by atoms with Crippen LogP contribution in [0.3, 0.4) is 0 Å². The molecule has 0 aliphatic carbocycles. The summed E-state index contributed by atoms with van der Waals surface area (Å²) in [6.07, 6.45) is 1.76. The average Bonchev–Trinajstić information content (AvgIpc) is 2.45. The van der Waals surface area contributed by atoms with E-state index >= 15 is 0 Å². The van der Waals surface area contributed by atoms with Crippen molar-refractivity contribution in [3.63, 3.8) is 0 Å². The second kappa shape index (κ2) is 7.00. The molecule has 0 atom stereocenters. The van der Waals surface area contributed by atoms with E-state index < -0.39 is 0 Å². The van der Waals surface area contributed by atoms with E-state index in [1.54, 1.807) is 43.5 Å². The van der Waals surface area contributed by atoms with Crippen LogP contribution in [-0.2, 0) is 0 Å². The molecule has 0 fully saturated rings. The van der Waals surface area contributed by atoms with E-state index in [9.17, 15) is 5.26 Å². The largest absolute Gasteiger partial charge is 0.494 e. The van der Waals surface area contributed by atoms with E-state index in [-0.39, 0.29) is 0 Å². The molecule has 0 aliphatic heterocycles. The number of allylic oxidation sites excluding steroid dienone is 1. The van der Waals surface area contributed by atoms with Crippen LogP contribution >= 0.6 is 39.1 Å². The highest BCUT2D eigenvalue weighted by atomic mass is 79.9. The number of hydrogen-bond acceptors (Lipinski definition) is 2. The minimum absolute atomic E-state index is 0.478. The molecule has 5 heteroatoms. The highest BCUT2D eigenvalue weighted by molar-refractivity contribution is 9.10. The summed E-state index contributed by atoms with van der Waals surface area (Å²) in [6, 6.07) is 12.9. The van der Waals surface area contributed by atoms with Gasteiger partial charge in [-0.15, -0.1) is 0 Å². The molecule has 0 spiro atoms. The summed E-state index contributed by atoms with van der Waals surface area (Å²) in [4.78, 5) is 0. The molecule has 0 saturated carbocycles. The van der Waals surface area contributed by atoms with E-state index in [2.05, 4.69) is 22.0 Å². The van der Waals surface area contributed by atoms with Gasteiger partial charge in [-0.05, 0) is 57.4 Å². The standard InChI is InChI=1S/C16H10BrCl2NO/c1-21-16-14(17)7-10(8-15(16)19)6-12(9-20)11-2-4-13(18)5-3-11/h2-8H,1H3/b12-6-. The second-order valence-electron chi connectivity index (χ2n) is 4.19. The summed E-state index contributed by atoms with van der Waals surface area (Å²) >= 11 is 15.4. The lowest BCUT2D eigenvalue weighted by Gasteiger charge is -2.07. The molecule has 106 valence electrons. The highest BCUT2D eigenvalue weighted by Gasteiger charge is 2.08. The Hall–Kier alpha value is -1.47. The number of methoxy groups -OCH3 is 1. The first-order valence-electron chi connectivity index (χ1n) is 5.96. The minimum atomic E-state index is 0.478. The predicted molar refractivity (Wildman–Crippen MR) is 90.6 cm³/mol. The normalized spacial score (nSPS) is 11.1. The molecule has 0 saturated heterocycles. The maximum atomic E-state index is 9.33. The second-order valence-corrected chi connectivity index (χ2v) is 5.89. The topological polar surface area (TPSA) is 33.0 Å². The van der Waals surface area contributed by atoms with Crippen molar-refractivity contribution >= 4 is 50.8 Å². The zero-order valence-electron chi connectivity index (χ0n) is 11.0. The minimum Gasteiger partial charge on any atom is -0.494 e. The van der Waals surface area contributed by atoms with Crippen LogP contribution in [0.1, 0.15) is 11.1 Å². The molecule has 0 bridgehead atoms. The summed E-state index contributed by atoms with van der Waals surface area (Å²) in [5.74, 6) is 0.568. The van der Waals surface area contributed by atoms with Crippen LogP contribution in [0.4, 0.5) is 0 Å². The first-order chi connectivity index (χ1) is 10.0. The molecule has 0 aliphatic rings. The van der Waals surface area contributed by atoms with Gasteiger partial charge in [0.05, 0.1) is 28.2 Å². The summed E-state index contributed by atoms with van der Waals surface area (Å²) in [5, 5.41) is 10.4. The molecule has 0 unspecified atom stereocenters. The van der Waals surface area contributed by atoms with Crippen LogP contribution < -0.4 is 4.74 Å². The molecule has 0 heterocycles. The number of nitrogens with zero attached hydrogens (tertiary/aromatic N) is 1. The third-order valence-corrected chi connectivity index (χ3v) is 3.93. The van der Waals surface area contributed by atoms with Crippen LogP contribution in [0.2, 0.25) is 10.0 Å². The van der Waals surface area contributed by atoms with Crippen LogP contribution in [0, 0.1) is 11.3 Å². The molecule has 2 rings (SSSR count). The SMILES string of the molecule is COc1c(Cl)cc(/C=C(/C#N)c2ccc(Cl)cc2)cc1Br. The van der Waals surface area contributed by atoms with E-state index in [0.29, 0.717) is 21.4 Å². The zero-order valence-corrected chi connectivity index (χ0v) is 14.1. The first-order valence-corrected chi connectivity index (χ1v) is 7.51. The van der Waals surface area contributed by atoms with E-state index in [0.717, 1.165) is 15.6 Å². The summed E-state index contributed by atoms with van der Waals surface area (Å²) in [6.45, 7) is 0. The zero-order chi connectivity index (χ0) is 15.4. The fourth-order valence-corrected chi connectivity index (χ4v) is 3.02. The van der Waals surface area contributed by atoms with Gasteiger partial charge in [0.2, 0.25) is 0 Å². The van der Waals surface area contributed by atoms with E-state index in [1.165, 1.54) is 0 Å². The summed E-state index contributed by atoms with van der Waals surface area (Å²) < 4.78 is 5.91. The Morgan fingerprint density at radius 1 is 1.24 bits per heavy atom. The van der Waals surface area contributed by atoms with Crippen molar-refractivity contribution in [1.82, 2.24) is 0 Å². The predicted octanol–water partition coefficient (Wildman–Crippen LogP) is 5.83. The van der Waals surface area contributed by atoms with Crippen LogP contribution in [0.5, 0.6) is 5.75 Å². The Balaban J connectivity index is 2.46. The molecule has 2 aromatic carbocycles. The number of rotatable bonds is 3. The van der Waals surface area contributed by atoms with Gasteiger partial charge in [0.15, 0.2) is 5.75 Å². The van der Waals surface area contributed by atoms with Gasteiger partial charge in [-0.2, -0.15) is 5.26 Å². The molecular weight excluding hydrogens is 373 g/mol. The molecule has 0 amide bonds.